The van der Waals surface area contributed by atoms with Crippen molar-refractivity contribution in [1.29, 1.82) is 0 Å². The zero-order valence-corrected chi connectivity index (χ0v) is 9.26. The van der Waals surface area contributed by atoms with E-state index >= 15 is 0 Å². The normalized spacial score (nSPS) is 10.6. The summed E-state index contributed by atoms with van der Waals surface area (Å²) in [6.45, 7) is 0. The van der Waals surface area contributed by atoms with Gasteiger partial charge in [0.1, 0.15) is 10.6 Å². The summed E-state index contributed by atoms with van der Waals surface area (Å²) >= 11 is 1.19. The quantitative estimate of drug-likeness (QED) is 0.744. The molecule has 0 fully saturated rings. The Labute approximate surface area is 99.7 Å². The number of nitrogens with zero attached hydrogens (tertiary/aromatic N) is 4. The number of phenols is 1. The van der Waals surface area contributed by atoms with Gasteiger partial charge in [-0.2, -0.15) is 4.98 Å². The molecule has 84 valence electrons. The van der Waals surface area contributed by atoms with Crippen molar-refractivity contribution in [1.82, 2.24) is 19.7 Å². The van der Waals surface area contributed by atoms with Gasteiger partial charge in [-0.3, -0.25) is 0 Å². The largest absolute Gasteiger partial charge is 0.508 e. The number of rotatable bonds is 2. The Kier molecular flexibility index (Phi) is 2.30. The lowest BCUT2D eigenvalue weighted by molar-refractivity contribution is 0.433. The van der Waals surface area contributed by atoms with Crippen molar-refractivity contribution in [3.63, 3.8) is 0 Å². The molecule has 0 atom stereocenters. The van der Waals surface area contributed by atoms with Crippen LogP contribution >= 0.6 is 11.5 Å². The molecule has 0 saturated heterocycles. The third-order valence-electron chi connectivity index (χ3n) is 2.12. The number of aromatic hydroxyl groups is 1. The van der Waals surface area contributed by atoms with Crippen molar-refractivity contribution < 1.29 is 9.63 Å². The molecule has 3 rings (SSSR count). The summed E-state index contributed by atoms with van der Waals surface area (Å²) in [5, 5.41) is 16.7. The van der Waals surface area contributed by atoms with Crippen LogP contribution in [0.2, 0.25) is 0 Å². The second-order valence-corrected chi connectivity index (χ2v) is 4.04. The van der Waals surface area contributed by atoms with Crippen molar-refractivity contribution in [2.45, 2.75) is 0 Å². The van der Waals surface area contributed by atoms with Crippen LogP contribution < -0.4 is 0 Å². The Balaban J connectivity index is 1.98. The Morgan fingerprint density at radius 1 is 1.18 bits per heavy atom. The SMILES string of the molecule is Oc1ccc(-c2noc(-c3cnns3)n2)cc1. The molecule has 0 bridgehead atoms. The fourth-order valence-corrected chi connectivity index (χ4v) is 1.75. The fraction of sp³-hybridized carbons (Fsp3) is 0. The Morgan fingerprint density at radius 2 is 2.00 bits per heavy atom. The van der Waals surface area contributed by atoms with E-state index in [2.05, 4.69) is 19.7 Å². The summed E-state index contributed by atoms with van der Waals surface area (Å²) in [6, 6.07) is 6.57. The maximum Gasteiger partial charge on any atom is 0.271 e. The molecular formula is C10H6N4O2S. The third-order valence-corrected chi connectivity index (χ3v) is 2.78. The van der Waals surface area contributed by atoms with Gasteiger partial charge in [-0.05, 0) is 35.8 Å². The summed E-state index contributed by atoms with van der Waals surface area (Å²) in [5.74, 6) is 1.06. The molecule has 0 aliphatic heterocycles. The van der Waals surface area contributed by atoms with Gasteiger partial charge in [-0.25, -0.2) is 0 Å². The molecule has 2 aromatic heterocycles. The highest BCUT2D eigenvalue weighted by molar-refractivity contribution is 7.09. The molecule has 0 radical (unpaired) electrons. The van der Waals surface area contributed by atoms with Crippen LogP contribution in [0.5, 0.6) is 5.75 Å². The standard InChI is InChI=1S/C10H6N4O2S/c15-7-3-1-6(2-4-7)9-12-10(16-13-9)8-5-11-14-17-8/h1-5,15H. The van der Waals surface area contributed by atoms with Crippen LogP contribution in [0, 0.1) is 0 Å². The van der Waals surface area contributed by atoms with E-state index in [0.29, 0.717) is 11.7 Å². The average molecular weight is 246 g/mol. The van der Waals surface area contributed by atoms with Gasteiger partial charge in [0.05, 0.1) is 6.20 Å². The fourth-order valence-electron chi connectivity index (χ4n) is 1.31. The van der Waals surface area contributed by atoms with Crippen molar-refractivity contribution in [3.05, 3.63) is 30.5 Å². The Bertz CT molecular complexity index is 618. The predicted molar refractivity (Wildman–Crippen MR) is 60.3 cm³/mol. The van der Waals surface area contributed by atoms with Crippen LogP contribution in [-0.2, 0) is 0 Å². The van der Waals surface area contributed by atoms with E-state index in [4.69, 9.17) is 4.52 Å². The third kappa shape index (κ3) is 1.87. The lowest BCUT2D eigenvalue weighted by atomic mass is 10.2. The lowest BCUT2D eigenvalue weighted by Gasteiger charge is -1.93. The number of phenolic OH excluding ortho intramolecular Hbond substituents is 1. The van der Waals surface area contributed by atoms with Crippen LogP contribution in [-0.4, -0.2) is 24.8 Å². The van der Waals surface area contributed by atoms with E-state index in [1.165, 1.54) is 11.5 Å². The van der Waals surface area contributed by atoms with E-state index in [1.807, 2.05) is 0 Å². The van der Waals surface area contributed by atoms with Crippen LogP contribution in [0.3, 0.4) is 0 Å². The first kappa shape index (κ1) is 9.91. The molecule has 0 spiro atoms. The first-order valence-corrected chi connectivity index (χ1v) is 5.51. The van der Waals surface area contributed by atoms with Gasteiger partial charge in [0.25, 0.3) is 5.89 Å². The Hall–Kier alpha value is -2.28. The van der Waals surface area contributed by atoms with Crippen LogP contribution in [0.1, 0.15) is 0 Å². The number of benzene rings is 1. The molecule has 0 unspecified atom stereocenters. The van der Waals surface area contributed by atoms with E-state index in [1.54, 1.807) is 30.5 Å². The van der Waals surface area contributed by atoms with Gasteiger partial charge in [-0.1, -0.05) is 9.64 Å². The number of hydrogen-bond donors (Lipinski definition) is 1. The number of hydrogen-bond acceptors (Lipinski definition) is 7. The molecule has 3 aromatic rings. The van der Waals surface area contributed by atoms with Crippen molar-refractivity contribution in [2.75, 3.05) is 0 Å². The van der Waals surface area contributed by atoms with Gasteiger partial charge in [-0.15, -0.1) is 5.10 Å². The van der Waals surface area contributed by atoms with Gasteiger partial charge in [0.15, 0.2) is 0 Å². The highest BCUT2D eigenvalue weighted by Gasteiger charge is 2.12. The molecule has 17 heavy (non-hydrogen) atoms. The molecule has 6 nitrogen and oxygen atoms in total. The number of aromatic nitrogens is 4. The van der Waals surface area contributed by atoms with Gasteiger partial charge in [0.2, 0.25) is 5.82 Å². The van der Waals surface area contributed by atoms with Gasteiger partial charge >= 0.3 is 0 Å². The second-order valence-electron chi connectivity index (χ2n) is 3.25. The van der Waals surface area contributed by atoms with E-state index < -0.39 is 0 Å². The minimum Gasteiger partial charge on any atom is -0.508 e. The van der Waals surface area contributed by atoms with Gasteiger partial charge < -0.3 is 9.63 Å². The van der Waals surface area contributed by atoms with Crippen LogP contribution in [0.4, 0.5) is 0 Å². The highest BCUT2D eigenvalue weighted by atomic mass is 32.1. The summed E-state index contributed by atoms with van der Waals surface area (Å²) in [5.41, 5.74) is 0.773. The summed E-state index contributed by atoms with van der Waals surface area (Å²) in [4.78, 5) is 4.95. The molecular weight excluding hydrogens is 240 g/mol. The smallest absolute Gasteiger partial charge is 0.271 e. The minimum absolute atomic E-state index is 0.198. The zero-order chi connectivity index (χ0) is 11.7. The van der Waals surface area contributed by atoms with Gasteiger partial charge in [0, 0.05) is 5.56 Å². The highest BCUT2D eigenvalue weighted by Crippen LogP contribution is 2.24. The monoisotopic (exact) mass is 246 g/mol. The first-order valence-electron chi connectivity index (χ1n) is 4.74. The topological polar surface area (TPSA) is 84.9 Å². The first-order chi connectivity index (χ1) is 8.33. The lowest BCUT2D eigenvalue weighted by Crippen LogP contribution is -1.79. The molecule has 0 aliphatic carbocycles. The van der Waals surface area contributed by atoms with Crippen molar-refractivity contribution in [3.8, 4) is 27.9 Å². The maximum absolute atomic E-state index is 9.18. The maximum atomic E-state index is 9.18. The average Bonchev–Trinajstić information content (AvgIpc) is 3.00. The van der Waals surface area contributed by atoms with E-state index in [0.717, 1.165) is 10.4 Å². The molecule has 0 aliphatic rings. The minimum atomic E-state index is 0.198. The van der Waals surface area contributed by atoms with E-state index in [9.17, 15) is 5.11 Å². The molecule has 0 saturated carbocycles. The molecule has 0 amide bonds. The van der Waals surface area contributed by atoms with E-state index in [-0.39, 0.29) is 5.75 Å². The zero-order valence-electron chi connectivity index (χ0n) is 8.44. The summed E-state index contributed by atoms with van der Waals surface area (Å²) < 4.78 is 8.82. The predicted octanol–water partition coefficient (Wildman–Crippen LogP) is 1.96. The summed E-state index contributed by atoms with van der Waals surface area (Å²) in [6.07, 6.45) is 1.57. The van der Waals surface area contributed by atoms with Crippen molar-refractivity contribution >= 4 is 11.5 Å². The molecule has 7 heteroatoms. The molecule has 1 aromatic carbocycles. The van der Waals surface area contributed by atoms with Crippen LogP contribution in [0.25, 0.3) is 22.2 Å². The summed E-state index contributed by atoms with van der Waals surface area (Å²) in [7, 11) is 0. The molecule has 2 heterocycles. The van der Waals surface area contributed by atoms with Crippen LogP contribution in [0.15, 0.2) is 35.0 Å². The second kappa shape index (κ2) is 3.95. The van der Waals surface area contributed by atoms with Crippen molar-refractivity contribution in [2.24, 2.45) is 0 Å². The Morgan fingerprint density at radius 3 is 2.71 bits per heavy atom. The molecule has 1 N–H and O–H groups in total.